The highest BCUT2D eigenvalue weighted by atomic mass is 16.6. The Kier molecular flexibility index (Phi) is 6.76. The lowest BCUT2D eigenvalue weighted by Crippen LogP contribution is -2.52. The number of nitro groups is 1. The minimum absolute atomic E-state index is 0.00379. The smallest absolute Gasteiger partial charge is 0.292 e. The lowest BCUT2D eigenvalue weighted by Gasteiger charge is -2.34. The number of carbonyl (C=O) groups is 2. The van der Waals surface area contributed by atoms with Gasteiger partial charge in [-0.05, 0) is 24.8 Å². The van der Waals surface area contributed by atoms with E-state index in [-0.39, 0.29) is 34.3 Å². The molecule has 8 heteroatoms. The van der Waals surface area contributed by atoms with E-state index < -0.39 is 6.04 Å². The van der Waals surface area contributed by atoms with Gasteiger partial charge < -0.3 is 15.1 Å². The third-order valence-electron chi connectivity index (χ3n) is 4.96. The first kappa shape index (κ1) is 20.7. The zero-order valence-corrected chi connectivity index (χ0v) is 16.3. The maximum absolute atomic E-state index is 12.6. The van der Waals surface area contributed by atoms with Gasteiger partial charge in [0.1, 0.15) is 11.7 Å². The van der Waals surface area contributed by atoms with Crippen molar-refractivity contribution in [3.8, 4) is 0 Å². The van der Waals surface area contributed by atoms with Crippen LogP contribution in [0.15, 0.2) is 24.3 Å². The van der Waals surface area contributed by atoms with Gasteiger partial charge in [-0.3, -0.25) is 19.7 Å². The Bertz CT molecular complexity index is 697. The molecular formula is C19H28N4O4. The van der Waals surface area contributed by atoms with E-state index in [0.29, 0.717) is 31.6 Å². The first-order valence-electron chi connectivity index (χ1n) is 9.22. The number of anilines is 1. The van der Waals surface area contributed by atoms with Crippen LogP contribution in [0.25, 0.3) is 0 Å². The number of rotatable bonds is 6. The van der Waals surface area contributed by atoms with Crippen molar-refractivity contribution in [3.05, 3.63) is 34.4 Å². The number of benzene rings is 1. The molecule has 148 valence electrons. The van der Waals surface area contributed by atoms with Gasteiger partial charge >= 0.3 is 0 Å². The van der Waals surface area contributed by atoms with Crippen molar-refractivity contribution in [1.82, 2.24) is 10.2 Å². The summed E-state index contributed by atoms with van der Waals surface area (Å²) in [7, 11) is 3.35. The van der Waals surface area contributed by atoms with Crippen LogP contribution in [0.1, 0.15) is 26.7 Å². The summed E-state index contributed by atoms with van der Waals surface area (Å²) in [4.78, 5) is 39.2. The molecule has 1 N–H and O–H groups in total. The number of piperidine rings is 1. The maximum atomic E-state index is 12.6. The molecule has 2 rings (SSSR count). The first-order chi connectivity index (χ1) is 12.7. The summed E-state index contributed by atoms with van der Waals surface area (Å²) < 4.78 is 0. The molecule has 0 aliphatic carbocycles. The standard InChI is InChI=1S/C19H28N4O4/c1-13(2)17(19(25)21(3)4)20-18(24)14-9-11-22(12-10-14)15-7-5-6-8-16(15)23(26)27/h5-8,13-14,17H,9-12H2,1-4H3,(H,20,24)/t17-/m1/s1. The molecule has 1 heterocycles. The van der Waals surface area contributed by atoms with E-state index in [2.05, 4.69) is 5.32 Å². The van der Waals surface area contributed by atoms with Gasteiger partial charge in [0.05, 0.1) is 4.92 Å². The predicted molar refractivity (Wildman–Crippen MR) is 103 cm³/mol. The number of nitro benzene ring substituents is 1. The van der Waals surface area contributed by atoms with Crippen LogP contribution < -0.4 is 10.2 Å². The number of carbonyl (C=O) groups excluding carboxylic acids is 2. The summed E-state index contributed by atoms with van der Waals surface area (Å²) in [5, 5.41) is 14.1. The quantitative estimate of drug-likeness (QED) is 0.605. The summed E-state index contributed by atoms with van der Waals surface area (Å²) in [6.45, 7) is 4.95. The van der Waals surface area contributed by atoms with E-state index >= 15 is 0 Å². The Morgan fingerprint density at radius 2 is 1.81 bits per heavy atom. The molecule has 8 nitrogen and oxygen atoms in total. The Morgan fingerprint density at radius 1 is 1.22 bits per heavy atom. The average Bonchev–Trinajstić information content (AvgIpc) is 2.65. The number of nitrogens with zero attached hydrogens (tertiary/aromatic N) is 3. The topological polar surface area (TPSA) is 95.8 Å². The highest BCUT2D eigenvalue weighted by Crippen LogP contribution is 2.31. The molecule has 1 aromatic rings. The fourth-order valence-corrected chi connectivity index (χ4v) is 3.33. The number of hydrogen-bond acceptors (Lipinski definition) is 5. The van der Waals surface area contributed by atoms with E-state index in [4.69, 9.17) is 0 Å². The van der Waals surface area contributed by atoms with Crippen molar-refractivity contribution in [3.63, 3.8) is 0 Å². The monoisotopic (exact) mass is 376 g/mol. The molecule has 1 saturated heterocycles. The van der Waals surface area contributed by atoms with Crippen molar-refractivity contribution in [2.24, 2.45) is 11.8 Å². The largest absolute Gasteiger partial charge is 0.366 e. The fraction of sp³-hybridized carbons (Fsp3) is 0.579. The summed E-state index contributed by atoms with van der Waals surface area (Å²) in [6.07, 6.45) is 1.19. The summed E-state index contributed by atoms with van der Waals surface area (Å²) in [5.74, 6) is -0.432. The molecule has 1 aromatic carbocycles. The van der Waals surface area contributed by atoms with Gasteiger partial charge in [-0.1, -0.05) is 26.0 Å². The molecule has 1 fully saturated rings. The number of para-hydroxylation sites is 2. The minimum atomic E-state index is -0.541. The van der Waals surface area contributed by atoms with E-state index in [1.165, 1.54) is 11.0 Å². The highest BCUT2D eigenvalue weighted by Gasteiger charge is 2.32. The Hall–Kier alpha value is -2.64. The molecule has 0 aromatic heterocycles. The number of hydrogen-bond donors (Lipinski definition) is 1. The van der Waals surface area contributed by atoms with E-state index in [1.54, 1.807) is 32.3 Å². The van der Waals surface area contributed by atoms with Gasteiger partial charge in [0.25, 0.3) is 5.69 Å². The molecule has 1 aliphatic rings. The van der Waals surface area contributed by atoms with Crippen molar-refractivity contribution in [2.75, 3.05) is 32.1 Å². The SMILES string of the molecule is CC(C)[C@@H](NC(=O)C1CCN(c2ccccc2[N+](=O)[O-])CC1)C(=O)N(C)C. The van der Waals surface area contributed by atoms with Gasteiger partial charge in [-0.25, -0.2) is 0 Å². The summed E-state index contributed by atoms with van der Waals surface area (Å²) in [6, 6.07) is 6.12. The zero-order chi connectivity index (χ0) is 20.1. The molecule has 0 radical (unpaired) electrons. The van der Waals surface area contributed by atoms with E-state index in [9.17, 15) is 19.7 Å². The van der Waals surface area contributed by atoms with Crippen molar-refractivity contribution in [1.29, 1.82) is 0 Å². The van der Waals surface area contributed by atoms with Crippen LogP contribution in [0, 0.1) is 22.0 Å². The predicted octanol–water partition coefficient (Wildman–Crippen LogP) is 2.04. The molecule has 0 bridgehead atoms. The first-order valence-corrected chi connectivity index (χ1v) is 9.22. The fourth-order valence-electron chi connectivity index (χ4n) is 3.33. The molecule has 0 spiro atoms. The van der Waals surface area contributed by atoms with Gasteiger partial charge in [0.15, 0.2) is 0 Å². The van der Waals surface area contributed by atoms with E-state index in [1.807, 2.05) is 18.7 Å². The molecular weight excluding hydrogens is 348 g/mol. The van der Waals surface area contributed by atoms with Crippen LogP contribution >= 0.6 is 0 Å². The second-order valence-corrected chi connectivity index (χ2v) is 7.47. The zero-order valence-electron chi connectivity index (χ0n) is 16.3. The molecule has 0 unspecified atom stereocenters. The molecule has 1 aliphatic heterocycles. The number of likely N-dealkylation sites (N-methyl/N-ethyl adjacent to an activating group) is 1. The second-order valence-electron chi connectivity index (χ2n) is 7.47. The average molecular weight is 376 g/mol. The van der Waals surface area contributed by atoms with Crippen LogP contribution in [0.4, 0.5) is 11.4 Å². The van der Waals surface area contributed by atoms with Crippen LogP contribution in [-0.4, -0.2) is 54.9 Å². The third-order valence-corrected chi connectivity index (χ3v) is 4.96. The second kappa shape index (κ2) is 8.83. The van der Waals surface area contributed by atoms with Crippen LogP contribution in [0.2, 0.25) is 0 Å². The van der Waals surface area contributed by atoms with Gasteiger partial charge in [0, 0.05) is 39.2 Å². The lowest BCUT2D eigenvalue weighted by atomic mass is 9.94. The molecule has 1 atom stereocenters. The van der Waals surface area contributed by atoms with Crippen molar-refractivity contribution < 1.29 is 14.5 Å². The molecule has 27 heavy (non-hydrogen) atoms. The Balaban J connectivity index is 2.00. The Labute approximate surface area is 159 Å². The van der Waals surface area contributed by atoms with Gasteiger partial charge in [0.2, 0.25) is 11.8 Å². The van der Waals surface area contributed by atoms with Crippen LogP contribution in [0.3, 0.4) is 0 Å². The van der Waals surface area contributed by atoms with Crippen molar-refractivity contribution >= 4 is 23.2 Å². The van der Waals surface area contributed by atoms with Gasteiger partial charge in [-0.2, -0.15) is 0 Å². The number of amides is 2. The number of nitrogens with one attached hydrogen (secondary N) is 1. The lowest BCUT2D eigenvalue weighted by molar-refractivity contribution is -0.384. The maximum Gasteiger partial charge on any atom is 0.292 e. The van der Waals surface area contributed by atoms with Crippen molar-refractivity contribution in [2.45, 2.75) is 32.7 Å². The summed E-state index contributed by atoms with van der Waals surface area (Å²) >= 11 is 0. The Morgan fingerprint density at radius 3 is 2.33 bits per heavy atom. The molecule has 0 saturated carbocycles. The highest BCUT2D eigenvalue weighted by molar-refractivity contribution is 5.88. The third kappa shape index (κ3) is 4.96. The van der Waals surface area contributed by atoms with E-state index in [0.717, 1.165) is 0 Å². The minimum Gasteiger partial charge on any atom is -0.366 e. The summed E-state index contributed by atoms with van der Waals surface area (Å²) in [5.41, 5.74) is 0.668. The normalized spacial score (nSPS) is 16.1. The van der Waals surface area contributed by atoms with Crippen LogP contribution in [0.5, 0.6) is 0 Å². The van der Waals surface area contributed by atoms with Gasteiger partial charge in [-0.15, -0.1) is 0 Å². The molecule has 2 amide bonds. The van der Waals surface area contributed by atoms with Crippen LogP contribution in [-0.2, 0) is 9.59 Å².